The number of nitrogens with zero attached hydrogens (tertiary/aromatic N) is 3. The third-order valence-electron chi connectivity index (χ3n) is 3.95. The minimum absolute atomic E-state index is 0.0331. The van der Waals surface area contributed by atoms with Crippen molar-refractivity contribution in [1.29, 1.82) is 0 Å². The molecule has 3 rings (SSSR count). The molecule has 27 heavy (non-hydrogen) atoms. The topological polar surface area (TPSA) is 113 Å². The van der Waals surface area contributed by atoms with Crippen molar-refractivity contribution in [3.63, 3.8) is 0 Å². The van der Waals surface area contributed by atoms with Crippen molar-refractivity contribution in [3.05, 3.63) is 48.4 Å². The lowest BCUT2D eigenvalue weighted by Gasteiger charge is -2.06. The van der Waals surface area contributed by atoms with Crippen LogP contribution in [0, 0.1) is 0 Å². The summed E-state index contributed by atoms with van der Waals surface area (Å²) in [6.07, 6.45) is 3.43. The fourth-order valence-corrected chi connectivity index (χ4v) is 2.97. The first-order valence-electron chi connectivity index (χ1n) is 8.61. The minimum Gasteiger partial charge on any atom is -0.322 e. The first-order valence-corrected chi connectivity index (χ1v) is 10.3. The van der Waals surface area contributed by atoms with Gasteiger partial charge in [-0.2, -0.15) is 5.10 Å². The minimum atomic E-state index is -3.28. The highest BCUT2D eigenvalue weighted by Gasteiger charge is 2.09. The smallest absolute Gasteiger partial charge is 0.232 e. The van der Waals surface area contributed by atoms with Gasteiger partial charge in [-0.25, -0.2) is 13.4 Å². The van der Waals surface area contributed by atoms with E-state index in [1.807, 2.05) is 18.2 Å². The van der Waals surface area contributed by atoms with Crippen molar-refractivity contribution < 1.29 is 8.42 Å². The fraction of sp³-hybridized carbons (Fsp3) is 0.278. The van der Waals surface area contributed by atoms with Gasteiger partial charge in [-0.05, 0) is 30.5 Å². The van der Waals surface area contributed by atoms with Crippen LogP contribution in [0.3, 0.4) is 0 Å². The zero-order chi connectivity index (χ0) is 19.4. The van der Waals surface area contributed by atoms with Gasteiger partial charge in [-0.3, -0.25) is 14.8 Å². The molecule has 0 saturated heterocycles. The molecule has 0 aliphatic heterocycles. The molecule has 0 spiro atoms. The molecule has 8 nitrogen and oxygen atoms in total. The van der Waals surface area contributed by atoms with Gasteiger partial charge in [0.05, 0.1) is 29.5 Å². The van der Waals surface area contributed by atoms with E-state index >= 15 is 0 Å². The van der Waals surface area contributed by atoms with Gasteiger partial charge in [0.1, 0.15) is 5.82 Å². The first kappa shape index (κ1) is 18.8. The maximum Gasteiger partial charge on any atom is 0.232 e. The van der Waals surface area contributed by atoms with Gasteiger partial charge >= 0.3 is 0 Å². The number of anilines is 3. The van der Waals surface area contributed by atoms with Gasteiger partial charge in [-0.15, -0.1) is 0 Å². The van der Waals surface area contributed by atoms with Crippen LogP contribution in [0.5, 0.6) is 0 Å². The maximum absolute atomic E-state index is 11.6. The van der Waals surface area contributed by atoms with E-state index in [-0.39, 0.29) is 5.75 Å². The Bertz CT molecular complexity index is 995. The Labute approximate surface area is 158 Å². The van der Waals surface area contributed by atoms with Crippen molar-refractivity contribution in [2.24, 2.45) is 0 Å². The van der Waals surface area contributed by atoms with E-state index in [1.165, 1.54) is 0 Å². The van der Waals surface area contributed by atoms with E-state index < -0.39 is 10.0 Å². The molecule has 0 aliphatic rings. The number of sulfonamides is 1. The molecular weight excluding hydrogens is 364 g/mol. The summed E-state index contributed by atoms with van der Waals surface area (Å²) in [7, 11) is -3.28. The monoisotopic (exact) mass is 386 g/mol. The number of hydrogen-bond donors (Lipinski definition) is 3. The Kier molecular flexibility index (Phi) is 5.41. The molecule has 2 heterocycles. The zero-order valence-electron chi connectivity index (χ0n) is 15.4. The number of aromatic amines is 1. The van der Waals surface area contributed by atoms with Gasteiger partial charge in [0, 0.05) is 11.8 Å². The van der Waals surface area contributed by atoms with Crippen LogP contribution in [0.4, 0.5) is 17.3 Å². The van der Waals surface area contributed by atoms with Crippen LogP contribution in [0.15, 0.2) is 42.7 Å². The van der Waals surface area contributed by atoms with E-state index in [4.69, 9.17) is 0 Å². The molecule has 142 valence electrons. The Morgan fingerprint density at radius 2 is 1.81 bits per heavy atom. The zero-order valence-corrected chi connectivity index (χ0v) is 16.2. The fourth-order valence-electron chi connectivity index (χ4n) is 2.34. The van der Waals surface area contributed by atoms with Gasteiger partial charge in [0.15, 0.2) is 5.82 Å². The quantitative estimate of drug-likeness (QED) is 0.573. The van der Waals surface area contributed by atoms with Gasteiger partial charge in [0.2, 0.25) is 10.0 Å². The van der Waals surface area contributed by atoms with Crippen molar-refractivity contribution in [2.45, 2.75) is 26.7 Å². The average Bonchev–Trinajstić information content (AvgIpc) is 3.11. The van der Waals surface area contributed by atoms with E-state index in [9.17, 15) is 8.42 Å². The lowest BCUT2D eigenvalue weighted by molar-refractivity contribution is 0.602. The molecule has 0 radical (unpaired) electrons. The summed E-state index contributed by atoms with van der Waals surface area (Å²) in [5, 5.41) is 10.3. The number of hydrogen-bond acceptors (Lipinski definition) is 6. The van der Waals surface area contributed by atoms with Crippen LogP contribution in [0.25, 0.3) is 11.3 Å². The van der Waals surface area contributed by atoms with Gasteiger partial charge < -0.3 is 5.32 Å². The summed E-state index contributed by atoms with van der Waals surface area (Å²) >= 11 is 0. The highest BCUT2D eigenvalue weighted by Crippen LogP contribution is 2.23. The lowest BCUT2D eigenvalue weighted by atomic mass is 10.1. The molecule has 2 aromatic heterocycles. The summed E-state index contributed by atoms with van der Waals surface area (Å²) in [6.45, 7) is 5.72. The third kappa shape index (κ3) is 4.82. The van der Waals surface area contributed by atoms with Crippen molar-refractivity contribution in [1.82, 2.24) is 20.2 Å². The van der Waals surface area contributed by atoms with E-state index in [0.29, 0.717) is 23.2 Å². The van der Waals surface area contributed by atoms with Crippen LogP contribution in [0.1, 0.15) is 32.4 Å². The second-order valence-electron chi connectivity index (χ2n) is 6.36. The molecule has 0 fully saturated rings. The third-order valence-corrected chi connectivity index (χ3v) is 5.25. The molecule has 0 bridgehead atoms. The highest BCUT2D eigenvalue weighted by atomic mass is 32.2. The lowest BCUT2D eigenvalue weighted by Crippen LogP contribution is -2.14. The molecule has 0 aliphatic carbocycles. The Hall–Kier alpha value is -2.94. The molecule has 9 heteroatoms. The predicted molar refractivity (Wildman–Crippen MR) is 107 cm³/mol. The summed E-state index contributed by atoms with van der Waals surface area (Å²) in [4.78, 5) is 8.70. The summed E-state index contributed by atoms with van der Waals surface area (Å²) in [5.41, 5.74) is 3.14. The summed E-state index contributed by atoms with van der Waals surface area (Å²) in [5.74, 6) is 1.59. The van der Waals surface area contributed by atoms with Crippen molar-refractivity contribution in [3.8, 4) is 11.3 Å². The van der Waals surface area contributed by atoms with E-state index in [0.717, 1.165) is 17.0 Å². The summed E-state index contributed by atoms with van der Waals surface area (Å²) < 4.78 is 25.7. The predicted octanol–water partition coefficient (Wildman–Crippen LogP) is 3.50. The highest BCUT2D eigenvalue weighted by molar-refractivity contribution is 7.92. The molecule has 0 unspecified atom stereocenters. The number of aromatic nitrogens is 4. The maximum atomic E-state index is 11.6. The number of benzene rings is 1. The van der Waals surface area contributed by atoms with E-state index in [2.05, 4.69) is 44.1 Å². The Morgan fingerprint density at radius 3 is 2.41 bits per heavy atom. The van der Waals surface area contributed by atoms with Crippen LogP contribution >= 0.6 is 0 Å². The number of H-pyrrole nitrogens is 1. The molecule has 0 atom stereocenters. The molecule has 3 N–H and O–H groups in total. The molecule has 1 aromatic carbocycles. The van der Waals surface area contributed by atoms with Crippen molar-refractivity contribution >= 4 is 27.3 Å². The first-order chi connectivity index (χ1) is 12.9. The Morgan fingerprint density at radius 1 is 1.07 bits per heavy atom. The number of nitrogens with one attached hydrogen (secondary N) is 3. The molecular formula is C18H22N6O2S. The Balaban J connectivity index is 1.70. The SMILES string of the molecule is CCS(=O)(=O)Nc1ccc(-c2cc(Nc3cnc(C(C)C)cn3)n[nH]2)cc1. The number of rotatable bonds is 7. The van der Waals surface area contributed by atoms with Crippen LogP contribution in [0.2, 0.25) is 0 Å². The van der Waals surface area contributed by atoms with Gasteiger partial charge in [-0.1, -0.05) is 26.0 Å². The normalized spacial score (nSPS) is 11.6. The van der Waals surface area contributed by atoms with Crippen LogP contribution < -0.4 is 10.0 Å². The standard InChI is InChI=1S/C18H22N6O2S/c1-4-27(25,26)24-14-7-5-13(6-8-14)15-9-17(23-22-15)21-18-11-19-16(10-20-18)12(2)3/h5-12,24H,4H2,1-3H3,(H2,20,21,22,23). The van der Waals surface area contributed by atoms with E-state index in [1.54, 1.807) is 31.5 Å². The second-order valence-corrected chi connectivity index (χ2v) is 8.37. The van der Waals surface area contributed by atoms with Gasteiger partial charge in [0.25, 0.3) is 0 Å². The largest absolute Gasteiger partial charge is 0.322 e. The second kappa shape index (κ2) is 7.75. The molecule has 0 saturated carbocycles. The van der Waals surface area contributed by atoms with Crippen molar-refractivity contribution in [2.75, 3.05) is 15.8 Å². The van der Waals surface area contributed by atoms with Crippen LogP contribution in [-0.4, -0.2) is 34.3 Å². The molecule has 3 aromatic rings. The van der Waals surface area contributed by atoms with Crippen LogP contribution in [-0.2, 0) is 10.0 Å². The summed E-state index contributed by atoms with van der Waals surface area (Å²) in [6, 6.07) is 8.92. The molecule has 0 amide bonds. The average molecular weight is 386 g/mol.